The summed E-state index contributed by atoms with van der Waals surface area (Å²) >= 11 is 6.01. The molecule has 0 fully saturated rings. The monoisotopic (exact) mass is 545 g/mol. The van der Waals surface area contributed by atoms with Crippen molar-refractivity contribution in [2.45, 2.75) is 12.3 Å². The van der Waals surface area contributed by atoms with E-state index in [-0.39, 0.29) is 48.8 Å². The summed E-state index contributed by atoms with van der Waals surface area (Å²) in [5.41, 5.74) is 5.56. The molecule has 0 bridgehead atoms. The van der Waals surface area contributed by atoms with Crippen LogP contribution in [-0.2, 0) is 6.18 Å². The lowest BCUT2D eigenvalue weighted by Crippen LogP contribution is -2.27. The number of rotatable bonds is 7. The maximum atomic E-state index is 12.5. The molecule has 0 aliphatic rings. The van der Waals surface area contributed by atoms with E-state index in [9.17, 15) is 18.3 Å². The zero-order chi connectivity index (χ0) is 20.7. The largest absolute Gasteiger partial charge is 0.495 e. The van der Waals surface area contributed by atoms with Crippen LogP contribution in [0.2, 0.25) is 5.02 Å². The van der Waals surface area contributed by atoms with Gasteiger partial charge in [-0.1, -0.05) is 11.6 Å². The van der Waals surface area contributed by atoms with E-state index in [4.69, 9.17) is 26.8 Å². The molecule has 29 heavy (non-hydrogen) atoms. The predicted molar refractivity (Wildman–Crippen MR) is 116 cm³/mol. The molecule has 0 spiro atoms. The van der Waals surface area contributed by atoms with Crippen molar-refractivity contribution in [1.29, 1.82) is 0 Å². The quantitative estimate of drug-likeness (QED) is 0.276. The fourth-order valence-corrected chi connectivity index (χ4v) is 2.38. The molecule has 0 radical (unpaired) electrons. The van der Waals surface area contributed by atoms with Gasteiger partial charge in [-0.25, -0.2) is 0 Å². The second kappa shape index (κ2) is 11.3. The van der Waals surface area contributed by atoms with Gasteiger partial charge in [-0.05, 0) is 42.5 Å². The van der Waals surface area contributed by atoms with Crippen LogP contribution in [0.3, 0.4) is 0 Å². The normalized spacial score (nSPS) is 12.7. The number of halogens is 5. The number of hydrogen-bond acceptors (Lipinski definition) is 4. The highest BCUT2D eigenvalue weighted by molar-refractivity contribution is 14.0. The fraction of sp³-hybridized carbons (Fsp3) is 0.278. The van der Waals surface area contributed by atoms with Crippen molar-refractivity contribution in [2.24, 2.45) is 10.7 Å². The van der Waals surface area contributed by atoms with Gasteiger partial charge < -0.3 is 25.6 Å². The van der Waals surface area contributed by atoms with Gasteiger partial charge in [0.05, 0.1) is 24.2 Å². The summed E-state index contributed by atoms with van der Waals surface area (Å²) in [6.45, 7) is -0.222. The zero-order valence-electron chi connectivity index (χ0n) is 15.2. The van der Waals surface area contributed by atoms with Crippen molar-refractivity contribution in [2.75, 3.05) is 25.6 Å². The number of aliphatic imine (C=N–C) groups is 1. The molecule has 0 saturated heterocycles. The lowest BCUT2D eigenvalue weighted by atomic mass is 10.2. The van der Waals surface area contributed by atoms with Gasteiger partial charge in [-0.2, -0.15) is 13.2 Å². The topological polar surface area (TPSA) is 89.1 Å². The van der Waals surface area contributed by atoms with Gasteiger partial charge in [-0.15, -0.1) is 24.0 Å². The molecule has 0 aliphatic carbocycles. The number of hydrogen-bond donors (Lipinski definition) is 3. The van der Waals surface area contributed by atoms with E-state index in [0.29, 0.717) is 16.5 Å². The SMILES string of the molecule is COc1ccc(NC(N)=NCC(O)COc2ccc(C(F)(F)F)cc2)cc1Cl.I. The molecule has 1 unspecified atom stereocenters. The number of guanidine groups is 1. The molecule has 2 aromatic rings. The second-order valence-electron chi connectivity index (χ2n) is 5.69. The molecule has 0 saturated carbocycles. The Hall–Kier alpha value is -1.92. The molecule has 6 nitrogen and oxygen atoms in total. The van der Waals surface area contributed by atoms with Gasteiger partial charge in [0.15, 0.2) is 5.96 Å². The third-order valence-electron chi connectivity index (χ3n) is 3.52. The summed E-state index contributed by atoms with van der Waals surface area (Å²) in [7, 11) is 1.50. The van der Waals surface area contributed by atoms with Crippen LogP contribution < -0.4 is 20.5 Å². The molecule has 2 aromatic carbocycles. The number of aliphatic hydroxyl groups is 1. The van der Waals surface area contributed by atoms with Crippen molar-refractivity contribution in [3.05, 3.63) is 53.1 Å². The minimum atomic E-state index is -4.41. The zero-order valence-corrected chi connectivity index (χ0v) is 18.3. The maximum Gasteiger partial charge on any atom is 0.416 e. The van der Waals surface area contributed by atoms with Crippen molar-refractivity contribution in [1.82, 2.24) is 0 Å². The molecule has 0 aromatic heterocycles. The molecular weight excluding hydrogens is 526 g/mol. The van der Waals surface area contributed by atoms with Crippen molar-refractivity contribution in [3.8, 4) is 11.5 Å². The highest BCUT2D eigenvalue weighted by Crippen LogP contribution is 2.30. The Morgan fingerprint density at radius 3 is 2.45 bits per heavy atom. The Morgan fingerprint density at radius 1 is 1.24 bits per heavy atom. The lowest BCUT2D eigenvalue weighted by Gasteiger charge is -2.12. The number of benzene rings is 2. The molecule has 0 heterocycles. The minimum absolute atomic E-state index is 0. The predicted octanol–water partition coefficient (Wildman–Crippen LogP) is 4.15. The molecule has 2 rings (SSSR count). The Labute approximate surface area is 187 Å². The van der Waals surface area contributed by atoms with Crippen LogP contribution in [0, 0.1) is 0 Å². The van der Waals surface area contributed by atoms with Crippen LogP contribution >= 0.6 is 35.6 Å². The summed E-state index contributed by atoms with van der Waals surface area (Å²) in [4.78, 5) is 3.98. The van der Waals surface area contributed by atoms with Crippen molar-refractivity contribution < 1.29 is 27.8 Å². The Balaban J connectivity index is 0.00000420. The van der Waals surface area contributed by atoms with Crippen molar-refractivity contribution >= 4 is 47.2 Å². The molecule has 160 valence electrons. The molecule has 1 atom stereocenters. The van der Waals surface area contributed by atoms with E-state index in [1.807, 2.05) is 0 Å². The van der Waals surface area contributed by atoms with Gasteiger partial charge in [0.2, 0.25) is 0 Å². The fourth-order valence-electron chi connectivity index (χ4n) is 2.12. The van der Waals surface area contributed by atoms with Gasteiger partial charge in [0.1, 0.15) is 24.2 Å². The number of ether oxygens (including phenoxy) is 2. The van der Waals surface area contributed by atoms with E-state index in [2.05, 4.69) is 10.3 Å². The first kappa shape index (κ1) is 25.1. The van der Waals surface area contributed by atoms with Crippen LogP contribution in [0.5, 0.6) is 11.5 Å². The molecule has 0 amide bonds. The van der Waals surface area contributed by atoms with Crippen LogP contribution in [0.1, 0.15) is 5.56 Å². The minimum Gasteiger partial charge on any atom is -0.495 e. The third-order valence-corrected chi connectivity index (χ3v) is 3.82. The highest BCUT2D eigenvalue weighted by atomic mass is 127. The Kier molecular flexibility index (Phi) is 9.80. The number of nitrogens with two attached hydrogens (primary N) is 1. The number of alkyl halides is 3. The summed E-state index contributed by atoms with van der Waals surface area (Å²) in [6, 6.07) is 9.13. The molecule has 0 aliphatic heterocycles. The maximum absolute atomic E-state index is 12.5. The van der Waals surface area contributed by atoms with E-state index < -0.39 is 17.8 Å². The first-order valence-electron chi connectivity index (χ1n) is 8.07. The standard InChI is InChI=1S/C18H19ClF3N3O3.HI/c1-27-16-7-4-12(8-15(16)19)25-17(23)24-9-13(26)10-28-14-5-2-11(3-6-14)18(20,21)22;/h2-8,13,26H,9-10H2,1H3,(H3,23,24,25);1H. The van der Waals surface area contributed by atoms with Crippen molar-refractivity contribution in [3.63, 3.8) is 0 Å². The highest BCUT2D eigenvalue weighted by Gasteiger charge is 2.30. The average molecular weight is 546 g/mol. The number of anilines is 1. The van der Waals surface area contributed by atoms with Crippen LogP contribution in [0.25, 0.3) is 0 Å². The van der Waals surface area contributed by atoms with Crippen LogP contribution in [0.4, 0.5) is 18.9 Å². The number of methoxy groups -OCH3 is 1. The van der Waals surface area contributed by atoms with Crippen LogP contribution in [0.15, 0.2) is 47.5 Å². The summed E-state index contributed by atoms with van der Waals surface area (Å²) in [6.07, 6.45) is -5.41. The Morgan fingerprint density at radius 2 is 1.90 bits per heavy atom. The summed E-state index contributed by atoms with van der Waals surface area (Å²) < 4.78 is 47.8. The van der Waals surface area contributed by atoms with Gasteiger partial charge in [-0.3, -0.25) is 4.99 Å². The number of nitrogens with zero attached hydrogens (tertiary/aromatic N) is 1. The lowest BCUT2D eigenvalue weighted by molar-refractivity contribution is -0.137. The average Bonchev–Trinajstić information content (AvgIpc) is 2.64. The summed E-state index contributed by atoms with van der Waals surface area (Å²) in [5, 5.41) is 13.1. The van der Waals surface area contributed by atoms with E-state index >= 15 is 0 Å². The van der Waals surface area contributed by atoms with E-state index in [1.54, 1.807) is 18.2 Å². The van der Waals surface area contributed by atoms with E-state index in [1.165, 1.54) is 19.2 Å². The smallest absolute Gasteiger partial charge is 0.416 e. The first-order chi connectivity index (χ1) is 13.2. The molecule has 11 heteroatoms. The van der Waals surface area contributed by atoms with Crippen LogP contribution in [-0.4, -0.2) is 37.4 Å². The van der Waals surface area contributed by atoms with Gasteiger partial charge in [0, 0.05) is 5.69 Å². The van der Waals surface area contributed by atoms with Gasteiger partial charge in [0.25, 0.3) is 0 Å². The number of aliphatic hydroxyl groups excluding tert-OH is 1. The molecule has 4 N–H and O–H groups in total. The third kappa shape index (κ3) is 8.15. The number of nitrogens with one attached hydrogen (secondary N) is 1. The first-order valence-corrected chi connectivity index (χ1v) is 8.45. The Bertz CT molecular complexity index is 820. The summed E-state index contributed by atoms with van der Waals surface area (Å²) in [5.74, 6) is 0.767. The van der Waals surface area contributed by atoms with E-state index in [0.717, 1.165) is 12.1 Å². The van der Waals surface area contributed by atoms with Gasteiger partial charge >= 0.3 is 6.18 Å². The second-order valence-corrected chi connectivity index (χ2v) is 6.09. The molecular formula is C18H20ClF3IN3O3.